The molecule has 0 saturated carbocycles. The summed E-state index contributed by atoms with van der Waals surface area (Å²) in [5.74, 6) is -2.43. The van der Waals surface area contributed by atoms with Crippen molar-refractivity contribution < 1.29 is 29.0 Å². The first kappa shape index (κ1) is 24.0. The molecule has 0 bridgehead atoms. The van der Waals surface area contributed by atoms with Crippen LogP contribution in [0.1, 0.15) is 46.5 Å². The second kappa shape index (κ2) is 9.58. The van der Waals surface area contributed by atoms with Crippen molar-refractivity contribution in [1.29, 1.82) is 0 Å². The largest absolute Gasteiger partial charge is 0.465 e. The number of ether oxygens (including phenoxy) is 2. The average Bonchev–Trinajstić information content (AvgIpc) is 3.15. The molecule has 4 aliphatic heterocycles. The summed E-state index contributed by atoms with van der Waals surface area (Å²) in [5.41, 5.74) is -1.26. The van der Waals surface area contributed by atoms with E-state index >= 15 is 0 Å². The van der Waals surface area contributed by atoms with Gasteiger partial charge in [-0.2, -0.15) is 0 Å². The predicted octanol–water partition coefficient (Wildman–Crippen LogP) is 1.68. The Bertz CT molecular complexity index is 839. The highest BCUT2D eigenvalue weighted by Crippen LogP contribution is 2.53. The Morgan fingerprint density at radius 2 is 2.00 bits per heavy atom. The summed E-state index contributed by atoms with van der Waals surface area (Å²) < 4.78 is 12.0. The van der Waals surface area contributed by atoms with E-state index in [1.807, 2.05) is 38.2 Å². The minimum atomic E-state index is -1.26. The predicted molar refractivity (Wildman–Crippen MR) is 121 cm³/mol. The Balaban J connectivity index is 1.82. The molecule has 4 aliphatic rings. The molecule has 0 aromatic carbocycles. The molecule has 8 nitrogen and oxygen atoms in total. The zero-order valence-corrected chi connectivity index (χ0v) is 19.8. The van der Waals surface area contributed by atoms with Crippen molar-refractivity contribution in [1.82, 2.24) is 9.80 Å². The number of fused-ring (bicyclic) bond motifs is 2. The molecule has 0 aromatic heterocycles. The molecule has 0 aliphatic carbocycles. The number of amides is 2. The molecule has 1 unspecified atom stereocenters. The molecule has 1 N–H and O–H groups in total. The van der Waals surface area contributed by atoms with Crippen LogP contribution in [-0.2, 0) is 23.9 Å². The van der Waals surface area contributed by atoms with Crippen LogP contribution >= 0.6 is 0 Å². The maximum atomic E-state index is 14.0. The highest BCUT2D eigenvalue weighted by molar-refractivity contribution is 5.99. The van der Waals surface area contributed by atoms with Gasteiger partial charge < -0.3 is 24.4 Å². The van der Waals surface area contributed by atoms with Gasteiger partial charge in [0.15, 0.2) is 0 Å². The molecule has 0 aromatic rings. The van der Waals surface area contributed by atoms with Crippen molar-refractivity contribution in [2.45, 2.75) is 70.2 Å². The van der Waals surface area contributed by atoms with Crippen molar-refractivity contribution >= 4 is 17.8 Å². The van der Waals surface area contributed by atoms with Gasteiger partial charge in [-0.15, -0.1) is 0 Å². The molecule has 4 heterocycles. The highest BCUT2D eigenvalue weighted by atomic mass is 16.6. The van der Waals surface area contributed by atoms with Gasteiger partial charge >= 0.3 is 5.97 Å². The van der Waals surface area contributed by atoms with E-state index < -0.39 is 41.6 Å². The normalized spacial score (nSPS) is 34.5. The number of hydrogen-bond acceptors (Lipinski definition) is 6. The minimum absolute atomic E-state index is 0.182. The maximum Gasteiger partial charge on any atom is 0.312 e. The number of nitrogens with zero attached hydrogens (tertiary/aromatic N) is 2. The Kier molecular flexibility index (Phi) is 6.96. The smallest absolute Gasteiger partial charge is 0.312 e. The van der Waals surface area contributed by atoms with E-state index in [0.29, 0.717) is 25.9 Å². The summed E-state index contributed by atoms with van der Waals surface area (Å²) in [4.78, 5) is 44.3. The number of likely N-dealkylation sites (tertiary alicyclic amines) is 1. The van der Waals surface area contributed by atoms with Crippen molar-refractivity contribution in [2.24, 2.45) is 17.8 Å². The van der Waals surface area contributed by atoms with E-state index in [-0.39, 0.29) is 30.9 Å². The third-order valence-electron chi connectivity index (χ3n) is 7.27. The van der Waals surface area contributed by atoms with Gasteiger partial charge in [0.05, 0.1) is 31.3 Å². The lowest BCUT2D eigenvalue weighted by Gasteiger charge is -2.39. The minimum Gasteiger partial charge on any atom is -0.465 e. The van der Waals surface area contributed by atoms with E-state index in [0.717, 1.165) is 12.8 Å². The zero-order valence-electron chi connectivity index (χ0n) is 19.8. The molecule has 4 rings (SSSR count). The number of carbonyl (C=O) groups is 3. The van der Waals surface area contributed by atoms with Crippen molar-refractivity contribution in [3.63, 3.8) is 0 Å². The maximum absolute atomic E-state index is 14.0. The van der Waals surface area contributed by atoms with Crippen LogP contribution in [-0.4, -0.2) is 82.8 Å². The van der Waals surface area contributed by atoms with Gasteiger partial charge in [0.2, 0.25) is 11.8 Å². The fourth-order valence-corrected chi connectivity index (χ4v) is 5.86. The van der Waals surface area contributed by atoms with Gasteiger partial charge in [-0.25, -0.2) is 0 Å². The van der Waals surface area contributed by atoms with Crippen LogP contribution in [0.15, 0.2) is 24.3 Å². The van der Waals surface area contributed by atoms with Crippen LogP contribution in [0.5, 0.6) is 0 Å². The standard InChI is InChI=1S/C25H36N2O6/c1-4-5-11-26-12-8-10-25-20(19-18(33-25)9-6-7-13-32-24(19)31)22(29)27(21(25)23(26)30)17(15-28)14-16(2)3/h6,8-10,16-21,28H,4-5,7,11-15H2,1-3H3/t17-,18-,19+,20+,21?,25+/m1/s1. The van der Waals surface area contributed by atoms with Gasteiger partial charge in [0.1, 0.15) is 17.6 Å². The van der Waals surface area contributed by atoms with Gasteiger partial charge in [0.25, 0.3) is 0 Å². The molecule has 6 atom stereocenters. The van der Waals surface area contributed by atoms with Gasteiger partial charge in [0, 0.05) is 13.1 Å². The number of aliphatic hydroxyl groups excluding tert-OH is 1. The van der Waals surface area contributed by atoms with Crippen LogP contribution in [0, 0.1) is 17.8 Å². The van der Waals surface area contributed by atoms with E-state index in [1.165, 1.54) is 4.90 Å². The topological polar surface area (TPSA) is 96.4 Å². The summed E-state index contributed by atoms with van der Waals surface area (Å²) in [5, 5.41) is 10.3. The van der Waals surface area contributed by atoms with Gasteiger partial charge in [-0.1, -0.05) is 51.5 Å². The first-order valence-corrected chi connectivity index (χ1v) is 12.3. The van der Waals surface area contributed by atoms with Crippen LogP contribution in [0.3, 0.4) is 0 Å². The van der Waals surface area contributed by atoms with Gasteiger partial charge in [-0.3, -0.25) is 14.4 Å². The molecule has 0 radical (unpaired) electrons. The molecule has 2 amide bonds. The first-order chi connectivity index (χ1) is 15.9. The molecule has 8 heteroatoms. The quantitative estimate of drug-likeness (QED) is 0.459. The summed E-state index contributed by atoms with van der Waals surface area (Å²) in [6, 6.07) is -1.45. The molecule has 1 spiro atoms. The fraction of sp³-hybridized carbons (Fsp3) is 0.720. The highest BCUT2D eigenvalue weighted by Gasteiger charge is 2.72. The van der Waals surface area contributed by atoms with Crippen molar-refractivity contribution in [3.8, 4) is 0 Å². The summed E-state index contributed by atoms with van der Waals surface area (Å²) in [6.07, 6.45) is 9.76. The second-order valence-corrected chi connectivity index (χ2v) is 9.98. The van der Waals surface area contributed by atoms with E-state index in [2.05, 4.69) is 6.92 Å². The van der Waals surface area contributed by atoms with Gasteiger partial charge in [-0.05, 0) is 25.2 Å². The van der Waals surface area contributed by atoms with Crippen LogP contribution in [0.4, 0.5) is 0 Å². The first-order valence-electron chi connectivity index (χ1n) is 12.3. The molecule has 2 fully saturated rings. The summed E-state index contributed by atoms with van der Waals surface area (Å²) in [6.45, 7) is 7.12. The molecule has 33 heavy (non-hydrogen) atoms. The molecular formula is C25H36N2O6. The van der Waals surface area contributed by atoms with Crippen LogP contribution in [0.2, 0.25) is 0 Å². The number of cyclic esters (lactones) is 1. The number of carbonyl (C=O) groups excluding carboxylic acids is 3. The SMILES string of the molecule is CCCCN1CC=C[C@]23O[C@@H]4C=CCCOC(=O)[C@@H]4[C@H]2C(=O)N([C@@H](CO)CC(C)C)C3C1=O. The summed E-state index contributed by atoms with van der Waals surface area (Å²) in [7, 11) is 0. The lowest BCUT2D eigenvalue weighted by molar-refractivity contribution is -0.156. The van der Waals surface area contributed by atoms with E-state index in [4.69, 9.17) is 9.47 Å². The fourth-order valence-electron chi connectivity index (χ4n) is 5.86. The number of rotatable bonds is 7. The number of unbranched alkanes of at least 4 members (excludes halogenated alkanes) is 1. The third-order valence-corrected chi connectivity index (χ3v) is 7.27. The van der Waals surface area contributed by atoms with Crippen LogP contribution in [0.25, 0.3) is 0 Å². The number of esters is 1. The Morgan fingerprint density at radius 1 is 1.21 bits per heavy atom. The van der Waals surface area contributed by atoms with Crippen molar-refractivity contribution in [2.75, 3.05) is 26.3 Å². The Morgan fingerprint density at radius 3 is 2.70 bits per heavy atom. The number of aliphatic hydroxyl groups is 1. The van der Waals surface area contributed by atoms with E-state index in [1.54, 1.807) is 4.90 Å². The molecule has 2 saturated heterocycles. The third kappa shape index (κ3) is 4.01. The molecular weight excluding hydrogens is 424 g/mol. The zero-order chi connectivity index (χ0) is 23.8. The van der Waals surface area contributed by atoms with Crippen molar-refractivity contribution in [3.05, 3.63) is 24.3 Å². The lowest BCUT2D eigenvalue weighted by Crippen LogP contribution is -2.58. The second-order valence-electron chi connectivity index (χ2n) is 9.98. The lowest BCUT2D eigenvalue weighted by atomic mass is 9.77. The Labute approximate surface area is 195 Å². The average molecular weight is 461 g/mol. The number of hydrogen-bond donors (Lipinski definition) is 1. The summed E-state index contributed by atoms with van der Waals surface area (Å²) >= 11 is 0. The monoisotopic (exact) mass is 460 g/mol. The molecule has 182 valence electrons. The Hall–Kier alpha value is -2.19. The van der Waals surface area contributed by atoms with Crippen LogP contribution < -0.4 is 0 Å². The van der Waals surface area contributed by atoms with E-state index in [9.17, 15) is 19.5 Å².